The number of ether oxygens (including phenoxy) is 2. The molecule has 1 N–H and O–H groups in total. The molecule has 4 heterocycles. The number of benzene rings is 1. The van der Waals surface area contributed by atoms with Gasteiger partial charge in [0.05, 0.1) is 31.6 Å². The predicted octanol–water partition coefficient (Wildman–Crippen LogP) is 4.25. The fourth-order valence-corrected chi connectivity index (χ4v) is 3.55. The van der Waals surface area contributed by atoms with Gasteiger partial charge in [0.15, 0.2) is 0 Å². The average molecular weight is 383 g/mol. The highest BCUT2D eigenvalue weighted by atomic mass is 16.5. The lowest BCUT2D eigenvalue weighted by Gasteiger charge is -2.11. The first-order valence-electron chi connectivity index (χ1n) is 9.03. The summed E-state index contributed by atoms with van der Waals surface area (Å²) in [4.78, 5) is 20.8. The number of hydrogen-bond donors (Lipinski definition) is 1. The van der Waals surface area contributed by atoms with Crippen molar-refractivity contribution in [3.05, 3.63) is 61.3 Å². The Morgan fingerprint density at radius 3 is 2.41 bits per heavy atom. The van der Waals surface area contributed by atoms with Gasteiger partial charge in [-0.3, -0.25) is 9.97 Å². The number of hydrogen-bond acceptors (Lipinski definition) is 6. The van der Waals surface area contributed by atoms with E-state index >= 15 is 0 Å². The predicted molar refractivity (Wildman–Crippen MR) is 111 cm³/mol. The van der Waals surface area contributed by atoms with Crippen LogP contribution in [0.3, 0.4) is 0 Å². The minimum absolute atomic E-state index is 0.321. The van der Waals surface area contributed by atoms with Gasteiger partial charge in [-0.2, -0.15) is 0 Å². The lowest BCUT2D eigenvalue weighted by molar-refractivity contribution is 0.380. The minimum atomic E-state index is 0.321. The standard InChI is InChI=1S/C22H17N5O2/c1-28-19-6-5-16-21(20(19)14-10-25-22(29-2)26-11-14)15-8-17(24-12-18(15)27-16)13-4-3-7-23-9-13/h3-12,27H,1-2H3. The molecule has 0 spiro atoms. The number of rotatable bonds is 4. The number of pyridine rings is 2. The number of aromatic amines is 1. The van der Waals surface area contributed by atoms with Crippen LogP contribution in [-0.4, -0.2) is 39.1 Å². The van der Waals surface area contributed by atoms with E-state index in [1.54, 1.807) is 32.8 Å². The smallest absolute Gasteiger partial charge is 0.316 e. The summed E-state index contributed by atoms with van der Waals surface area (Å²) >= 11 is 0. The zero-order valence-corrected chi connectivity index (χ0v) is 15.9. The summed E-state index contributed by atoms with van der Waals surface area (Å²) in [5.74, 6) is 0.743. The monoisotopic (exact) mass is 383 g/mol. The molecule has 5 rings (SSSR count). The second-order valence-corrected chi connectivity index (χ2v) is 6.51. The number of methoxy groups -OCH3 is 2. The molecular formula is C22H17N5O2. The third kappa shape index (κ3) is 2.84. The first kappa shape index (κ1) is 17.1. The molecule has 0 amide bonds. The van der Waals surface area contributed by atoms with Gasteiger partial charge < -0.3 is 14.5 Å². The number of fused-ring (bicyclic) bond motifs is 3. The number of H-pyrrole nitrogens is 1. The molecule has 29 heavy (non-hydrogen) atoms. The van der Waals surface area contributed by atoms with Crippen molar-refractivity contribution in [2.75, 3.05) is 14.2 Å². The van der Waals surface area contributed by atoms with Gasteiger partial charge in [0.25, 0.3) is 0 Å². The van der Waals surface area contributed by atoms with Crippen LogP contribution in [0.1, 0.15) is 0 Å². The van der Waals surface area contributed by atoms with Crippen molar-refractivity contribution in [2.45, 2.75) is 0 Å². The van der Waals surface area contributed by atoms with Gasteiger partial charge in [0.1, 0.15) is 5.75 Å². The summed E-state index contributed by atoms with van der Waals surface area (Å²) in [6.07, 6.45) is 8.89. The van der Waals surface area contributed by atoms with Gasteiger partial charge >= 0.3 is 6.01 Å². The highest BCUT2D eigenvalue weighted by Crippen LogP contribution is 2.41. The molecule has 0 fully saturated rings. The number of nitrogens with one attached hydrogen (secondary N) is 1. The normalized spacial score (nSPS) is 11.1. The summed E-state index contributed by atoms with van der Waals surface area (Å²) in [5.41, 5.74) is 5.50. The second-order valence-electron chi connectivity index (χ2n) is 6.51. The van der Waals surface area contributed by atoms with Gasteiger partial charge in [0, 0.05) is 57.8 Å². The van der Waals surface area contributed by atoms with Crippen molar-refractivity contribution in [3.63, 3.8) is 0 Å². The Morgan fingerprint density at radius 1 is 0.828 bits per heavy atom. The molecule has 0 aliphatic rings. The quantitative estimate of drug-likeness (QED) is 0.499. The minimum Gasteiger partial charge on any atom is -0.496 e. The molecule has 7 nitrogen and oxygen atoms in total. The van der Waals surface area contributed by atoms with E-state index < -0.39 is 0 Å². The van der Waals surface area contributed by atoms with Gasteiger partial charge in [-0.05, 0) is 30.3 Å². The van der Waals surface area contributed by atoms with Gasteiger partial charge in [-0.25, -0.2) is 9.97 Å². The van der Waals surface area contributed by atoms with Crippen LogP contribution >= 0.6 is 0 Å². The van der Waals surface area contributed by atoms with E-state index in [2.05, 4.69) is 31.0 Å². The topological polar surface area (TPSA) is 85.8 Å². The maximum Gasteiger partial charge on any atom is 0.316 e. The highest BCUT2D eigenvalue weighted by molar-refractivity contribution is 6.16. The van der Waals surface area contributed by atoms with Crippen molar-refractivity contribution in [1.29, 1.82) is 0 Å². The Balaban J connectivity index is 1.82. The highest BCUT2D eigenvalue weighted by Gasteiger charge is 2.17. The van der Waals surface area contributed by atoms with E-state index in [-0.39, 0.29) is 0 Å². The van der Waals surface area contributed by atoms with Crippen molar-refractivity contribution in [2.24, 2.45) is 0 Å². The third-order valence-corrected chi connectivity index (χ3v) is 4.89. The molecule has 5 aromatic rings. The molecule has 0 saturated heterocycles. The van der Waals surface area contributed by atoms with E-state index in [9.17, 15) is 0 Å². The summed E-state index contributed by atoms with van der Waals surface area (Å²) < 4.78 is 10.8. The van der Waals surface area contributed by atoms with Crippen LogP contribution in [0.2, 0.25) is 0 Å². The molecule has 4 aromatic heterocycles. The zero-order chi connectivity index (χ0) is 19.8. The summed E-state index contributed by atoms with van der Waals surface area (Å²) in [6, 6.07) is 10.2. The molecule has 0 saturated carbocycles. The van der Waals surface area contributed by atoms with Crippen molar-refractivity contribution < 1.29 is 9.47 Å². The van der Waals surface area contributed by atoms with Crippen LogP contribution in [0.25, 0.3) is 44.2 Å². The van der Waals surface area contributed by atoms with E-state index in [0.29, 0.717) is 6.01 Å². The van der Waals surface area contributed by atoms with Crippen molar-refractivity contribution >= 4 is 21.8 Å². The Hall–Kier alpha value is -4.00. The average Bonchev–Trinajstić information content (AvgIpc) is 3.17. The first-order chi connectivity index (χ1) is 14.3. The second kappa shape index (κ2) is 6.87. The Bertz CT molecular complexity index is 1310. The van der Waals surface area contributed by atoms with Crippen molar-refractivity contribution in [1.82, 2.24) is 24.9 Å². The molecule has 0 bridgehead atoms. The number of aromatic nitrogens is 5. The van der Waals surface area contributed by atoms with E-state index in [1.165, 1.54) is 0 Å². The summed E-state index contributed by atoms with van der Waals surface area (Å²) in [5, 5.41) is 2.07. The van der Waals surface area contributed by atoms with Gasteiger partial charge in [0.2, 0.25) is 0 Å². The van der Waals surface area contributed by atoms with Crippen LogP contribution in [0.5, 0.6) is 11.8 Å². The van der Waals surface area contributed by atoms with E-state index in [0.717, 1.165) is 49.9 Å². The lowest BCUT2D eigenvalue weighted by atomic mass is 10.00. The molecule has 7 heteroatoms. The van der Waals surface area contributed by atoms with Crippen LogP contribution in [0.15, 0.2) is 61.3 Å². The largest absolute Gasteiger partial charge is 0.496 e. The summed E-state index contributed by atoms with van der Waals surface area (Å²) in [6.45, 7) is 0. The van der Waals surface area contributed by atoms with Crippen LogP contribution in [0, 0.1) is 0 Å². The van der Waals surface area contributed by atoms with Crippen LogP contribution < -0.4 is 9.47 Å². The van der Waals surface area contributed by atoms with E-state index in [4.69, 9.17) is 9.47 Å². The Labute approximate surface area is 166 Å². The fraction of sp³-hybridized carbons (Fsp3) is 0.0909. The van der Waals surface area contributed by atoms with Crippen LogP contribution in [0.4, 0.5) is 0 Å². The Kier molecular flexibility index (Phi) is 4.05. The van der Waals surface area contributed by atoms with Gasteiger partial charge in [-0.15, -0.1) is 0 Å². The molecule has 1 aromatic carbocycles. The number of nitrogens with zero attached hydrogens (tertiary/aromatic N) is 4. The van der Waals surface area contributed by atoms with E-state index in [1.807, 2.05) is 36.7 Å². The molecule has 142 valence electrons. The maximum absolute atomic E-state index is 5.67. The molecule has 0 aliphatic carbocycles. The van der Waals surface area contributed by atoms with Crippen molar-refractivity contribution in [3.8, 4) is 34.1 Å². The maximum atomic E-state index is 5.67. The third-order valence-electron chi connectivity index (χ3n) is 4.89. The molecule has 0 aliphatic heterocycles. The lowest BCUT2D eigenvalue weighted by Crippen LogP contribution is -1.94. The first-order valence-corrected chi connectivity index (χ1v) is 9.03. The SMILES string of the molecule is COc1ncc(-c2c(OC)ccc3[nH]c4cnc(-c5cccnc5)cc4c23)cn1. The molecule has 0 unspecified atom stereocenters. The molecular weight excluding hydrogens is 366 g/mol. The van der Waals surface area contributed by atoms with Gasteiger partial charge in [-0.1, -0.05) is 0 Å². The Morgan fingerprint density at radius 2 is 1.69 bits per heavy atom. The van der Waals surface area contributed by atoms with Crippen LogP contribution in [-0.2, 0) is 0 Å². The summed E-state index contributed by atoms with van der Waals surface area (Å²) in [7, 11) is 3.20. The molecule has 0 radical (unpaired) electrons. The fourth-order valence-electron chi connectivity index (χ4n) is 3.55. The zero-order valence-electron chi connectivity index (χ0n) is 15.9. The molecule has 0 atom stereocenters.